The first-order valence-electron chi connectivity index (χ1n) is 8.50. The molecule has 0 bridgehead atoms. The number of para-hydroxylation sites is 2. The van der Waals surface area contributed by atoms with Crippen LogP contribution < -0.4 is 14.2 Å². The smallest absolute Gasteiger partial charge is 0.316 e. The standard InChI is InChI=1S/C18H18FN3O4/c19-12-8-20-18(21-9-12)25-13-4-3-7-22(10-13)17(23)16-11-24-14-5-1-2-6-15(14)26-16/h1-2,5-6,8-9,13,16H,3-4,7,10-11H2. The molecule has 2 aliphatic heterocycles. The van der Waals surface area contributed by atoms with Crippen molar-refractivity contribution in [2.24, 2.45) is 0 Å². The normalized spacial score (nSPS) is 22.0. The lowest BCUT2D eigenvalue weighted by molar-refractivity contribution is -0.143. The quantitative estimate of drug-likeness (QED) is 0.832. The zero-order valence-corrected chi connectivity index (χ0v) is 14.0. The molecule has 136 valence electrons. The fourth-order valence-corrected chi connectivity index (χ4v) is 3.09. The van der Waals surface area contributed by atoms with Gasteiger partial charge in [-0.15, -0.1) is 0 Å². The van der Waals surface area contributed by atoms with Gasteiger partial charge < -0.3 is 19.1 Å². The van der Waals surface area contributed by atoms with E-state index in [0.29, 0.717) is 24.6 Å². The molecule has 2 unspecified atom stereocenters. The van der Waals surface area contributed by atoms with Gasteiger partial charge in [0, 0.05) is 6.54 Å². The summed E-state index contributed by atoms with van der Waals surface area (Å²) in [5.41, 5.74) is 0. The first-order chi connectivity index (χ1) is 12.7. The highest BCUT2D eigenvalue weighted by atomic mass is 19.1. The molecular formula is C18H18FN3O4. The van der Waals surface area contributed by atoms with Gasteiger partial charge in [0.25, 0.3) is 5.91 Å². The number of halogens is 1. The third kappa shape index (κ3) is 3.54. The molecule has 8 heteroatoms. The molecule has 2 atom stereocenters. The average Bonchev–Trinajstić information content (AvgIpc) is 2.69. The van der Waals surface area contributed by atoms with Crippen LogP contribution in [0.25, 0.3) is 0 Å². The lowest BCUT2D eigenvalue weighted by atomic mass is 10.1. The molecule has 4 rings (SSSR count). The highest BCUT2D eigenvalue weighted by Gasteiger charge is 2.34. The van der Waals surface area contributed by atoms with E-state index in [1.807, 2.05) is 18.2 Å². The molecule has 0 N–H and O–H groups in total. The predicted molar refractivity (Wildman–Crippen MR) is 88.6 cm³/mol. The fraction of sp³-hybridized carbons (Fsp3) is 0.389. The van der Waals surface area contributed by atoms with Gasteiger partial charge in [0.15, 0.2) is 17.3 Å². The van der Waals surface area contributed by atoms with E-state index in [1.165, 1.54) is 0 Å². The molecule has 7 nitrogen and oxygen atoms in total. The van der Waals surface area contributed by atoms with Crippen LogP contribution in [0.15, 0.2) is 36.7 Å². The van der Waals surface area contributed by atoms with Gasteiger partial charge in [-0.2, -0.15) is 0 Å². The zero-order chi connectivity index (χ0) is 17.9. The van der Waals surface area contributed by atoms with Crippen LogP contribution in [0.3, 0.4) is 0 Å². The van der Waals surface area contributed by atoms with Gasteiger partial charge in [0.2, 0.25) is 6.10 Å². The second kappa shape index (κ2) is 7.15. The Balaban J connectivity index is 1.38. The Labute approximate surface area is 149 Å². The Bertz CT molecular complexity index is 786. The van der Waals surface area contributed by atoms with Gasteiger partial charge in [-0.25, -0.2) is 14.4 Å². The van der Waals surface area contributed by atoms with Crippen molar-refractivity contribution in [2.45, 2.75) is 25.0 Å². The number of benzene rings is 1. The predicted octanol–water partition coefficient (Wildman–Crippen LogP) is 1.83. The Hall–Kier alpha value is -2.90. The van der Waals surface area contributed by atoms with Crippen LogP contribution in [0, 0.1) is 5.82 Å². The number of carbonyl (C=O) groups excluding carboxylic acids is 1. The van der Waals surface area contributed by atoms with Crippen molar-refractivity contribution in [2.75, 3.05) is 19.7 Å². The molecule has 1 saturated heterocycles. The molecule has 1 amide bonds. The molecule has 1 fully saturated rings. The number of aromatic nitrogens is 2. The van der Waals surface area contributed by atoms with Crippen LogP contribution in [0.4, 0.5) is 4.39 Å². The van der Waals surface area contributed by atoms with Crippen molar-refractivity contribution in [3.63, 3.8) is 0 Å². The van der Waals surface area contributed by atoms with E-state index < -0.39 is 11.9 Å². The Morgan fingerprint density at radius 2 is 2.00 bits per heavy atom. The third-order valence-electron chi connectivity index (χ3n) is 4.34. The van der Waals surface area contributed by atoms with E-state index in [1.54, 1.807) is 11.0 Å². The minimum Gasteiger partial charge on any atom is -0.485 e. The van der Waals surface area contributed by atoms with Crippen LogP contribution >= 0.6 is 0 Å². The highest BCUT2D eigenvalue weighted by molar-refractivity contribution is 5.82. The van der Waals surface area contributed by atoms with E-state index in [9.17, 15) is 9.18 Å². The summed E-state index contributed by atoms with van der Waals surface area (Å²) in [5.74, 6) is 0.562. The Morgan fingerprint density at radius 3 is 2.81 bits per heavy atom. The molecule has 3 heterocycles. The van der Waals surface area contributed by atoms with Gasteiger partial charge in [-0.3, -0.25) is 4.79 Å². The summed E-state index contributed by atoms with van der Waals surface area (Å²) in [4.78, 5) is 22.1. The SMILES string of the molecule is O=C(C1COc2ccccc2O1)N1CCCC(Oc2ncc(F)cn2)C1. The van der Waals surface area contributed by atoms with Crippen LogP contribution in [-0.2, 0) is 4.79 Å². The molecule has 2 aliphatic rings. The number of ether oxygens (including phenoxy) is 3. The fourth-order valence-electron chi connectivity index (χ4n) is 3.09. The molecule has 0 aliphatic carbocycles. The summed E-state index contributed by atoms with van der Waals surface area (Å²) in [6.07, 6.45) is 2.76. The van der Waals surface area contributed by atoms with Crippen molar-refractivity contribution < 1.29 is 23.4 Å². The second-order valence-electron chi connectivity index (χ2n) is 6.21. The van der Waals surface area contributed by atoms with Crippen LogP contribution in [0.1, 0.15) is 12.8 Å². The summed E-state index contributed by atoms with van der Waals surface area (Å²) < 4.78 is 30.0. The number of fused-ring (bicyclic) bond motifs is 1. The number of nitrogens with zero attached hydrogens (tertiary/aromatic N) is 3. The number of amides is 1. The lowest BCUT2D eigenvalue weighted by Gasteiger charge is -2.35. The maximum Gasteiger partial charge on any atom is 0.316 e. The van der Waals surface area contributed by atoms with Crippen molar-refractivity contribution in [3.8, 4) is 17.5 Å². The number of hydrogen-bond acceptors (Lipinski definition) is 6. The number of carbonyl (C=O) groups is 1. The van der Waals surface area contributed by atoms with Crippen LogP contribution in [0.2, 0.25) is 0 Å². The average molecular weight is 359 g/mol. The Kier molecular flexibility index (Phi) is 4.55. The van der Waals surface area contributed by atoms with E-state index in [2.05, 4.69) is 9.97 Å². The van der Waals surface area contributed by atoms with E-state index in [0.717, 1.165) is 25.2 Å². The van der Waals surface area contributed by atoms with E-state index in [-0.39, 0.29) is 24.6 Å². The largest absolute Gasteiger partial charge is 0.485 e. The monoisotopic (exact) mass is 359 g/mol. The molecule has 0 radical (unpaired) electrons. The van der Waals surface area contributed by atoms with Gasteiger partial charge in [0.1, 0.15) is 12.7 Å². The molecule has 1 aromatic carbocycles. The summed E-state index contributed by atoms with van der Waals surface area (Å²) >= 11 is 0. The number of rotatable bonds is 3. The van der Waals surface area contributed by atoms with Gasteiger partial charge in [0.05, 0.1) is 18.9 Å². The summed E-state index contributed by atoms with van der Waals surface area (Å²) in [6, 6.07) is 7.39. The zero-order valence-electron chi connectivity index (χ0n) is 14.0. The van der Waals surface area contributed by atoms with E-state index in [4.69, 9.17) is 14.2 Å². The number of piperidine rings is 1. The number of hydrogen-bond donors (Lipinski definition) is 0. The van der Waals surface area contributed by atoms with Gasteiger partial charge >= 0.3 is 6.01 Å². The van der Waals surface area contributed by atoms with Crippen LogP contribution in [0.5, 0.6) is 17.5 Å². The number of likely N-dealkylation sites (tertiary alicyclic amines) is 1. The van der Waals surface area contributed by atoms with Gasteiger partial charge in [-0.05, 0) is 25.0 Å². The molecular weight excluding hydrogens is 341 g/mol. The molecule has 2 aromatic rings. The summed E-state index contributed by atoms with van der Waals surface area (Å²) in [7, 11) is 0. The lowest BCUT2D eigenvalue weighted by Crippen LogP contribution is -2.51. The van der Waals surface area contributed by atoms with Gasteiger partial charge in [-0.1, -0.05) is 12.1 Å². The van der Waals surface area contributed by atoms with Crippen molar-refractivity contribution in [1.82, 2.24) is 14.9 Å². The Morgan fingerprint density at radius 1 is 1.23 bits per heavy atom. The van der Waals surface area contributed by atoms with Crippen molar-refractivity contribution >= 4 is 5.91 Å². The third-order valence-corrected chi connectivity index (χ3v) is 4.34. The summed E-state index contributed by atoms with van der Waals surface area (Å²) in [6.45, 7) is 1.21. The van der Waals surface area contributed by atoms with Crippen molar-refractivity contribution in [1.29, 1.82) is 0 Å². The first-order valence-corrected chi connectivity index (χ1v) is 8.50. The second-order valence-corrected chi connectivity index (χ2v) is 6.21. The maximum absolute atomic E-state index is 12.9. The summed E-state index contributed by atoms with van der Waals surface area (Å²) in [5, 5.41) is 0. The topological polar surface area (TPSA) is 73.8 Å². The first kappa shape index (κ1) is 16.6. The highest BCUT2D eigenvalue weighted by Crippen LogP contribution is 2.31. The minimum absolute atomic E-state index is 0.108. The van der Waals surface area contributed by atoms with E-state index >= 15 is 0 Å². The molecule has 0 saturated carbocycles. The van der Waals surface area contributed by atoms with Crippen LogP contribution in [-0.4, -0.2) is 52.7 Å². The maximum atomic E-state index is 12.9. The van der Waals surface area contributed by atoms with Crippen molar-refractivity contribution in [3.05, 3.63) is 42.5 Å². The molecule has 26 heavy (non-hydrogen) atoms. The minimum atomic E-state index is -0.675. The molecule has 0 spiro atoms. The molecule has 1 aromatic heterocycles.